The van der Waals surface area contributed by atoms with Crippen molar-refractivity contribution in [3.8, 4) is 0 Å². The molecule has 0 aliphatic heterocycles. The molecule has 1 amide bonds. The Kier molecular flexibility index (Phi) is 6.55. The Morgan fingerprint density at radius 2 is 1.76 bits per heavy atom. The van der Waals surface area contributed by atoms with Gasteiger partial charge in [-0.15, -0.1) is 0 Å². The zero-order valence-corrected chi connectivity index (χ0v) is 9.54. The minimum atomic E-state index is -4.95. The van der Waals surface area contributed by atoms with Crippen LogP contribution in [0.1, 0.15) is 6.42 Å². The summed E-state index contributed by atoms with van der Waals surface area (Å²) in [6, 6.07) is 0. The Balaban J connectivity index is 4.42. The van der Waals surface area contributed by atoms with Crippen molar-refractivity contribution in [3.05, 3.63) is 0 Å². The highest BCUT2D eigenvalue weighted by Crippen LogP contribution is 2.18. The lowest BCUT2D eigenvalue weighted by atomic mass is 10.3. The molecule has 0 heterocycles. The second-order valence-corrected chi connectivity index (χ2v) is 3.11. The molecule has 0 atom stereocenters. The highest BCUT2D eigenvalue weighted by atomic mass is 19.4. The van der Waals surface area contributed by atoms with E-state index in [2.05, 4.69) is 9.47 Å². The van der Waals surface area contributed by atoms with Gasteiger partial charge in [0, 0.05) is 20.2 Å². The third-order valence-electron chi connectivity index (χ3n) is 1.91. The monoisotopic (exact) mass is 257 g/mol. The summed E-state index contributed by atoms with van der Waals surface area (Å²) >= 11 is 0. The van der Waals surface area contributed by atoms with Crippen LogP contribution in [0.15, 0.2) is 0 Å². The van der Waals surface area contributed by atoms with Crippen LogP contribution in [0.4, 0.5) is 13.2 Å². The van der Waals surface area contributed by atoms with Crippen LogP contribution in [0.2, 0.25) is 0 Å². The second-order valence-electron chi connectivity index (χ2n) is 3.11. The third kappa shape index (κ3) is 6.10. The Labute approximate surface area is 96.5 Å². The van der Waals surface area contributed by atoms with E-state index in [1.807, 2.05) is 0 Å². The number of ether oxygens (including phenoxy) is 2. The SMILES string of the molecule is COCCN(CCC(=O)OC)C(=O)C(F)(F)F. The van der Waals surface area contributed by atoms with Gasteiger partial charge in [0.2, 0.25) is 0 Å². The molecule has 5 nitrogen and oxygen atoms in total. The summed E-state index contributed by atoms with van der Waals surface area (Å²) in [5.41, 5.74) is 0. The van der Waals surface area contributed by atoms with Crippen LogP contribution in [-0.2, 0) is 19.1 Å². The number of amides is 1. The summed E-state index contributed by atoms with van der Waals surface area (Å²) in [5, 5.41) is 0. The van der Waals surface area contributed by atoms with Crippen LogP contribution in [0.3, 0.4) is 0 Å². The minimum absolute atomic E-state index is 0.0387. The molecule has 17 heavy (non-hydrogen) atoms. The van der Waals surface area contributed by atoms with Gasteiger partial charge in [-0.05, 0) is 0 Å². The first-order valence-corrected chi connectivity index (χ1v) is 4.74. The topological polar surface area (TPSA) is 55.8 Å². The van der Waals surface area contributed by atoms with Gasteiger partial charge in [0.15, 0.2) is 0 Å². The van der Waals surface area contributed by atoms with Crippen molar-refractivity contribution in [2.24, 2.45) is 0 Å². The van der Waals surface area contributed by atoms with E-state index in [4.69, 9.17) is 0 Å². The molecule has 8 heteroatoms. The number of carbonyl (C=O) groups is 2. The fraction of sp³-hybridized carbons (Fsp3) is 0.778. The summed E-state index contributed by atoms with van der Waals surface area (Å²) in [7, 11) is 2.42. The maximum atomic E-state index is 12.2. The van der Waals surface area contributed by atoms with E-state index in [-0.39, 0.29) is 26.1 Å². The zero-order chi connectivity index (χ0) is 13.5. The number of hydrogen-bond donors (Lipinski definition) is 0. The molecule has 0 rings (SSSR count). The molecule has 0 aromatic carbocycles. The van der Waals surface area contributed by atoms with E-state index in [1.165, 1.54) is 7.11 Å². The van der Waals surface area contributed by atoms with Gasteiger partial charge in [-0.25, -0.2) is 0 Å². The van der Waals surface area contributed by atoms with E-state index in [0.717, 1.165) is 7.11 Å². The third-order valence-corrected chi connectivity index (χ3v) is 1.91. The van der Waals surface area contributed by atoms with E-state index in [1.54, 1.807) is 0 Å². The number of rotatable bonds is 6. The van der Waals surface area contributed by atoms with Crippen molar-refractivity contribution in [1.82, 2.24) is 4.90 Å². The molecule has 0 aromatic rings. The van der Waals surface area contributed by atoms with E-state index in [9.17, 15) is 22.8 Å². The first-order chi connectivity index (χ1) is 7.82. The maximum absolute atomic E-state index is 12.2. The molecule has 0 radical (unpaired) electrons. The largest absolute Gasteiger partial charge is 0.471 e. The Bertz CT molecular complexity index is 267. The summed E-state index contributed by atoms with van der Waals surface area (Å²) in [6.45, 7) is -0.622. The van der Waals surface area contributed by atoms with Gasteiger partial charge in [0.05, 0.1) is 20.1 Å². The Morgan fingerprint density at radius 3 is 2.18 bits per heavy atom. The van der Waals surface area contributed by atoms with Gasteiger partial charge in [0.1, 0.15) is 0 Å². The molecular formula is C9H14F3NO4. The first kappa shape index (κ1) is 15.7. The van der Waals surface area contributed by atoms with Gasteiger partial charge >= 0.3 is 18.1 Å². The predicted octanol–water partition coefficient (Wildman–Crippen LogP) is 0.587. The molecule has 0 aromatic heterocycles. The number of alkyl halides is 3. The van der Waals surface area contributed by atoms with Crippen molar-refractivity contribution < 1.29 is 32.2 Å². The molecule has 0 aliphatic carbocycles. The molecule has 0 saturated heterocycles. The van der Waals surface area contributed by atoms with Crippen LogP contribution < -0.4 is 0 Å². The molecule has 0 N–H and O–H groups in total. The van der Waals surface area contributed by atoms with Crippen molar-refractivity contribution in [2.45, 2.75) is 12.6 Å². The Morgan fingerprint density at radius 1 is 1.18 bits per heavy atom. The lowest BCUT2D eigenvalue weighted by Crippen LogP contribution is -2.43. The maximum Gasteiger partial charge on any atom is 0.471 e. The lowest BCUT2D eigenvalue weighted by Gasteiger charge is -2.22. The van der Waals surface area contributed by atoms with Gasteiger partial charge < -0.3 is 14.4 Å². The molecule has 0 spiro atoms. The second kappa shape index (κ2) is 7.10. The zero-order valence-electron chi connectivity index (χ0n) is 9.54. The number of carbonyl (C=O) groups excluding carboxylic acids is 2. The van der Waals surface area contributed by atoms with Crippen molar-refractivity contribution in [3.63, 3.8) is 0 Å². The number of esters is 1. The van der Waals surface area contributed by atoms with E-state index >= 15 is 0 Å². The number of methoxy groups -OCH3 is 2. The lowest BCUT2D eigenvalue weighted by molar-refractivity contribution is -0.186. The van der Waals surface area contributed by atoms with Crippen LogP contribution in [0, 0.1) is 0 Å². The molecule has 100 valence electrons. The predicted molar refractivity (Wildman–Crippen MR) is 51.1 cm³/mol. The van der Waals surface area contributed by atoms with Gasteiger partial charge in [-0.1, -0.05) is 0 Å². The fourth-order valence-corrected chi connectivity index (χ4v) is 1.02. The first-order valence-electron chi connectivity index (χ1n) is 4.74. The number of halogens is 3. The van der Waals surface area contributed by atoms with E-state index in [0.29, 0.717) is 4.90 Å². The number of hydrogen-bond acceptors (Lipinski definition) is 4. The average Bonchev–Trinajstić information content (AvgIpc) is 2.26. The Hall–Kier alpha value is -1.31. The highest BCUT2D eigenvalue weighted by molar-refractivity contribution is 5.82. The fourth-order valence-electron chi connectivity index (χ4n) is 1.02. The van der Waals surface area contributed by atoms with Crippen molar-refractivity contribution >= 4 is 11.9 Å². The minimum Gasteiger partial charge on any atom is -0.469 e. The quantitative estimate of drug-likeness (QED) is 0.653. The van der Waals surface area contributed by atoms with Crippen molar-refractivity contribution in [1.29, 1.82) is 0 Å². The summed E-state index contributed by atoms with van der Waals surface area (Å²) < 4.78 is 45.4. The molecule has 0 bridgehead atoms. The van der Waals surface area contributed by atoms with Gasteiger partial charge in [0.25, 0.3) is 0 Å². The van der Waals surface area contributed by atoms with Crippen molar-refractivity contribution in [2.75, 3.05) is 33.9 Å². The standard InChI is InChI=1S/C9H14F3NO4/c1-16-6-5-13(4-3-7(14)17-2)8(15)9(10,11)12/h3-6H2,1-2H3. The van der Waals surface area contributed by atoms with Crippen LogP contribution in [0.5, 0.6) is 0 Å². The van der Waals surface area contributed by atoms with Gasteiger partial charge in [-0.2, -0.15) is 13.2 Å². The molecule has 0 unspecified atom stereocenters. The van der Waals surface area contributed by atoms with Crippen LogP contribution in [-0.4, -0.2) is 56.9 Å². The smallest absolute Gasteiger partial charge is 0.469 e. The number of nitrogens with zero attached hydrogens (tertiary/aromatic N) is 1. The highest BCUT2D eigenvalue weighted by Gasteiger charge is 2.42. The average molecular weight is 257 g/mol. The normalized spacial score (nSPS) is 11.1. The summed E-state index contributed by atoms with van der Waals surface area (Å²) in [5.74, 6) is -2.67. The van der Waals surface area contributed by atoms with Crippen LogP contribution in [0.25, 0.3) is 0 Å². The summed E-state index contributed by atoms with van der Waals surface area (Å²) in [4.78, 5) is 22.3. The molecular weight excluding hydrogens is 243 g/mol. The van der Waals surface area contributed by atoms with E-state index < -0.39 is 18.1 Å². The molecule has 0 fully saturated rings. The molecule has 0 saturated carbocycles. The van der Waals surface area contributed by atoms with Gasteiger partial charge in [-0.3, -0.25) is 9.59 Å². The molecule has 0 aliphatic rings. The summed E-state index contributed by atoms with van der Waals surface area (Å²) in [6.07, 6.45) is -5.24. The van der Waals surface area contributed by atoms with Crippen LogP contribution >= 0.6 is 0 Å².